The van der Waals surface area contributed by atoms with Crippen LogP contribution in [0, 0.1) is 21.7 Å². The smallest absolute Gasteiger partial charge is 0.296 e. The number of hydrogen-bond acceptors (Lipinski definition) is 5. The van der Waals surface area contributed by atoms with Gasteiger partial charge in [0.25, 0.3) is 5.69 Å². The molecular weight excluding hydrogens is 342 g/mol. The van der Waals surface area contributed by atoms with Gasteiger partial charge in [-0.15, -0.1) is 11.8 Å². The van der Waals surface area contributed by atoms with E-state index < -0.39 is 22.5 Å². The summed E-state index contributed by atoms with van der Waals surface area (Å²) in [5, 5.41) is 13.4. The third-order valence-electron chi connectivity index (χ3n) is 2.93. The number of anilines is 1. The molecule has 2 aromatic rings. The predicted molar refractivity (Wildman–Crippen MR) is 85.4 cm³/mol. The summed E-state index contributed by atoms with van der Waals surface area (Å²) in [5.74, 6) is -1.95. The Labute approximate surface area is 140 Å². The molecule has 1 N–H and O–H groups in total. The molecule has 2 aromatic carbocycles. The van der Waals surface area contributed by atoms with Gasteiger partial charge in [-0.25, -0.2) is 8.78 Å². The topological polar surface area (TPSA) is 81.5 Å². The van der Waals surface area contributed by atoms with Crippen LogP contribution in [0.5, 0.6) is 5.75 Å². The number of methoxy groups -OCH3 is 1. The highest BCUT2D eigenvalue weighted by molar-refractivity contribution is 8.00. The number of nitro benzene ring substituents is 1. The molecule has 0 heterocycles. The van der Waals surface area contributed by atoms with Crippen LogP contribution in [0.3, 0.4) is 0 Å². The van der Waals surface area contributed by atoms with E-state index in [9.17, 15) is 23.7 Å². The van der Waals surface area contributed by atoms with Crippen molar-refractivity contribution in [1.29, 1.82) is 0 Å². The van der Waals surface area contributed by atoms with Gasteiger partial charge in [-0.3, -0.25) is 14.9 Å². The maximum Gasteiger partial charge on any atom is 0.296 e. The van der Waals surface area contributed by atoms with E-state index in [-0.39, 0.29) is 27.8 Å². The molecule has 1 amide bonds. The molecular formula is C15H12F2N2O4S. The van der Waals surface area contributed by atoms with E-state index in [0.29, 0.717) is 6.07 Å². The van der Waals surface area contributed by atoms with Crippen LogP contribution in [0.1, 0.15) is 0 Å². The molecule has 0 aromatic heterocycles. The molecule has 0 fully saturated rings. The van der Waals surface area contributed by atoms with Crippen LogP contribution in [0.15, 0.2) is 41.3 Å². The molecule has 0 unspecified atom stereocenters. The Morgan fingerprint density at radius 1 is 1.29 bits per heavy atom. The first kappa shape index (κ1) is 17.7. The molecule has 0 aliphatic carbocycles. The minimum absolute atomic E-state index is 0.00554. The van der Waals surface area contributed by atoms with Crippen LogP contribution >= 0.6 is 11.8 Å². The van der Waals surface area contributed by atoms with E-state index in [1.54, 1.807) is 0 Å². The third-order valence-corrected chi connectivity index (χ3v) is 3.98. The minimum atomic E-state index is -0.775. The van der Waals surface area contributed by atoms with Crippen LogP contribution in [-0.4, -0.2) is 23.7 Å². The molecule has 24 heavy (non-hydrogen) atoms. The molecule has 0 aliphatic heterocycles. The molecule has 0 spiro atoms. The highest BCUT2D eigenvalue weighted by Crippen LogP contribution is 2.29. The Hall–Kier alpha value is -2.68. The van der Waals surface area contributed by atoms with Gasteiger partial charge in [0, 0.05) is 11.0 Å². The van der Waals surface area contributed by atoms with Crippen molar-refractivity contribution in [1.82, 2.24) is 0 Å². The van der Waals surface area contributed by atoms with E-state index in [1.165, 1.54) is 31.4 Å². The summed E-state index contributed by atoms with van der Waals surface area (Å²) in [6.45, 7) is 0. The summed E-state index contributed by atoms with van der Waals surface area (Å²) in [6, 6.07) is 7.01. The van der Waals surface area contributed by atoms with Crippen molar-refractivity contribution >= 4 is 29.0 Å². The summed E-state index contributed by atoms with van der Waals surface area (Å²) in [4.78, 5) is 22.4. The number of carbonyl (C=O) groups excluding carboxylic acids is 1. The quantitative estimate of drug-likeness (QED) is 0.487. The van der Waals surface area contributed by atoms with E-state index in [1.807, 2.05) is 0 Å². The number of benzene rings is 2. The molecule has 2 rings (SSSR count). The van der Waals surface area contributed by atoms with Crippen molar-refractivity contribution in [3.8, 4) is 5.75 Å². The zero-order chi connectivity index (χ0) is 17.7. The Bertz CT molecular complexity index is 786. The summed E-state index contributed by atoms with van der Waals surface area (Å²) in [7, 11) is 1.37. The van der Waals surface area contributed by atoms with Gasteiger partial charge < -0.3 is 10.1 Å². The number of hydrogen-bond donors (Lipinski definition) is 1. The van der Waals surface area contributed by atoms with Crippen LogP contribution in [-0.2, 0) is 4.79 Å². The van der Waals surface area contributed by atoms with Crippen molar-refractivity contribution in [3.63, 3.8) is 0 Å². The van der Waals surface area contributed by atoms with Crippen LogP contribution < -0.4 is 10.1 Å². The van der Waals surface area contributed by atoms with Gasteiger partial charge in [-0.2, -0.15) is 0 Å². The zero-order valence-corrected chi connectivity index (χ0v) is 13.2. The normalized spacial score (nSPS) is 10.3. The fraction of sp³-hybridized carbons (Fsp3) is 0.133. The summed E-state index contributed by atoms with van der Waals surface area (Å²) in [5.41, 5.74) is -0.313. The Balaban J connectivity index is 2.05. The summed E-state index contributed by atoms with van der Waals surface area (Å²) >= 11 is 0.857. The van der Waals surface area contributed by atoms with Gasteiger partial charge in [0.2, 0.25) is 5.91 Å². The second kappa shape index (κ2) is 7.73. The molecule has 126 valence electrons. The van der Waals surface area contributed by atoms with Gasteiger partial charge in [-0.05, 0) is 24.3 Å². The largest absolute Gasteiger partial charge is 0.496 e. The number of halogens is 2. The average molecular weight is 354 g/mol. The second-order valence-corrected chi connectivity index (χ2v) is 5.57. The van der Waals surface area contributed by atoms with E-state index in [0.717, 1.165) is 17.8 Å². The first-order chi connectivity index (χ1) is 11.4. The van der Waals surface area contributed by atoms with Crippen LogP contribution in [0.2, 0.25) is 0 Å². The van der Waals surface area contributed by atoms with E-state index >= 15 is 0 Å². The van der Waals surface area contributed by atoms with E-state index in [2.05, 4.69) is 5.32 Å². The average Bonchev–Trinajstić information content (AvgIpc) is 2.54. The van der Waals surface area contributed by atoms with Crippen molar-refractivity contribution in [2.45, 2.75) is 4.90 Å². The lowest BCUT2D eigenvalue weighted by Gasteiger charge is -2.08. The highest BCUT2D eigenvalue weighted by atomic mass is 32.2. The van der Waals surface area contributed by atoms with Gasteiger partial charge >= 0.3 is 0 Å². The molecule has 6 nitrogen and oxygen atoms in total. The number of nitrogens with zero attached hydrogens (tertiary/aromatic N) is 1. The van der Waals surface area contributed by atoms with Crippen LogP contribution in [0.4, 0.5) is 20.2 Å². The summed E-state index contributed by atoms with van der Waals surface area (Å²) in [6.07, 6.45) is 0. The van der Waals surface area contributed by atoms with Gasteiger partial charge in [0.15, 0.2) is 0 Å². The van der Waals surface area contributed by atoms with Crippen molar-refractivity contribution in [3.05, 3.63) is 58.1 Å². The number of rotatable bonds is 6. The maximum atomic E-state index is 13.5. The van der Waals surface area contributed by atoms with Gasteiger partial charge in [0.05, 0.1) is 23.9 Å². The standard InChI is InChI=1S/C15H12F2N2O4S/c1-23-10-3-4-12(13(7-10)19(21)22)18-15(20)8-24-14-5-2-9(16)6-11(14)17/h2-7H,8H2,1H3,(H,18,20). The molecule has 0 radical (unpaired) electrons. The Morgan fingerprint density at radius 2 is 2.04 bits per heavy atom. The number of thioether (sulfide) groups is 1. The number of nitrogens with one attached hydrogen (secondary N) is 1. The minimum Gasteiger partial charge on any atom is -0.496 e. The molecule has 0 bridgehead atoms. The highest BCUT2D eigenvalue weighted by Gasteiger charge is 2.17. The molecule has 9 heteroatoms. The fourth-order valence-corrected chi connectivity index (χ4v) is 2.54. The SMILES string of the molecule is COc1ccc(NC(=O)CSc2ccc(F)cc2F)c([N+](=O)[O-])c1. The molecule has 0 saturated carbocycles. The lowest BCUT2D eigenvalue weighted by Crippen LogP contribution is -2.15. The zero-order valence-electron chi connectivity index (χ0n) is 12.4. The van der Waals surface area contributed by atoms with E-state index in [4.69, 9.17) is 4.74 Å². The van der Waals surface area contributed by atoms with Crippen LogP contribution in [0.25, 0.3) is 0 Å². The summed E-state index contributed by atoms with van der Waals surface area (Å²) < 4.78 is 31.2. The molecule has 0 atom stereocenters. The number of amides is 1. The maximum absolute atomic E-state index is 13.5. The van der Waals surface area contributed by atoms with Crippen molar-refractivity contribution in [2.24, 2.45) is 0 Å². The number of nitro groups is 1. The molecule has 0 aliphatic rings. The Kier molecular flexibility index (Phi) is 5.69. The Morgan fingerprint density at radius 3 is 2.67 bits per heavy atom. The van der Waals surface area contributed by atoms with Gasteiger partial charge in [0.1, 0.15) is 23.1 Å². The monoisotopic (exact) mass is 354 g/mol. The number of carbonyl (C=O) groups is 1. The van der Waals surface area contributed by atoms with Crippen molar-refractivity contribution < 1.29 is 23.2 Å². The number of ether oxygens (including phenoxy) is 1. The third kappa shape index (κ3) is 4.42. The van der Waals surface area contributed by atoms with Gasteiger partial charge in [-0.1, -0.05) is 0 Å². The second-order valence-electron chi connectivity index (χ2n) is 4.55. The fourth-order valence-electron chi connectivity index (χ4n) is 1.82. The lowest BCUT2D eigenvalue weighted by atomic mass is 10.2. The predicted octanol–water partition coefficient (Wildman–Crippen LogP) is 3.61. The first-order valence-corrected chi connectivity index (χ1v) is 7.59. The van der Waals surface area contributed by atoms with Crippen molar-refractivity contribution in [2.75, 3.05) is 18.2 Å². The first-order valence-electron chi connectivity index (χ1n) is 6.61. The lowest BCUT2D eigenvalue weighted by molar-refractivity contribution is -0.384. The molecule has 0 saturated heterocycles.